The van der Waals surface area contributed by atoms with Crippen LogP contribution in [-0.2, 0) is 10.2 Å². The zero-order valence-corrected chi connectivity index (χ0v) is 17.4. The van der Waals surface area contributed by atoms with Crippen molar-refractivity contribution >= 4 is 43.5 Å². The molecule has 0 radical (unpaired) electrons. The molecule has 1 heterocycles. The molecule has 0 saturated carbocycles. The van der Waals surface area contributed by atoms with E-state index < -0.39 is 0 Å². The Morgan fingerprint density at radius 2 is 1.96 bits per heavy atom. The van der Waals surface area contributed by atoms with E-state index in [1.807, 2.05) is 26.8 Å². The number of nitro groups is 1. The van der Waals surface area contributed by atoms with Crippen LogP contribution in [0.15, 0.2) is 16.6 Å². The van der Waals surface area contributed by atoms with E-state index in [2.05, 4.69) is 37.0 Å². The molecule has 0 N–H and O–H groups in total. The summed E-state index contributed by atoms with van der Waals surface area (Å²) in [6.07, 6.45) is 0. The van der Waals surface area contributed by atoms with Gasteiger partial charge in [-0.05, 0) is 33.0 Å². The maximum Gasteiger partial charge on any atom is 0.294 e. The highest BCUT2D eigenvalue weighted by Crippen LogP contribution is 2.41. The molecule has 1 fully saturated rings. The van der Waals surface area contributed by atoms with Gasteiger partial charge in [-0.15, -0.1) is 0 Å². The molecule has 1 aliphatic heterocycles. The standard InChI is InChI=1S/C16H23Br2N3O3/c1-16(2,3)12-10-13(17)15(14(11-12)21(22)23)20(18)5-4-19-6-8-24-9-7-19/h10-11H,4-9H2,1-3H3. The molecule has 1 saturated heterocycles. The van der Waals surface area contributed by atoms with Crippen molar-refractivity contribution in [1.82, 2.24) is 4.90 Å². The number of morpholine rings is 1. The number of benzene rings is 1. The fourth-order valence-corrected chi connectivity index (χ4v) is 4.00. The summed E-state index contributed by atoms with van der Waals surface area (Å²) in [7, 11) is 0. The molecule has 1 aromatic carbocycles. The van der Waals surface area contributed by atoms with Crippen molar-refractivity contribution in [3.63, 3.8) is 0 Å². The Balaban J connectivity index is 2.22. The van der Waals surface area contributed by atoms with Crippen LogP contribution in [-0.4, -0.2) is 49.2 Å². The molecule has 1 aliphatic rings. The predicted octanol–water partition coefficient (Wildman–Crippen LogP) is 4.10. The molecule has 6 nitrogen and oxygen atoms in total. The number of anilines is 1. The Morgan fingerprint density at radius 1 is 1.33 bits per heavy atom. The number of hydrogen-bond donors (Lipinski definition) is 0. The van der Waals surface area contributed by atoms with Crippen molar-refractivity contribution in [3.8, 4) is 0 Å². The number of rotatable bonds is 5. The predicted molar refractivity (Wildman–Crippen MR) is 103 cm³/mol. The van der Waals surface area contributed by atoms with E-state index >= 15 is 0 Å². The summed E-state index contributed by atoms with van der Waals surface area (Å²) in [5.74, 6) is 0. The van der Waals surface area contributed by atoms with Gasteiger partial charge in [0, 0.05) is 52.9 Å². The summed E-state index contributed by atoms with van der Waals surface area (Å²) < 4.78 is 7.84. The Labute approximate surface area is 159 Å². The Kier molecular flexibility index (Phi) is 6.64. The molecule has 0 bridgehead atoms. The molecule has 0 atom stereocenters. The first kappa shape index (κ1) is 19.6. The lowest BCUT2D eigenvalue weighted by Crippen LogP contribution is -2.40. The van der Waals surface area contributed by atoms with E-state index in [4.69, 9.17) is 4.74 Å². The van der Waals surface area contributed by atoms with E-state index in [0.29, 0.717) is 12.2 Å². The summed E-state index contributed by atoms with van der Waals surface area (Å²) in [5, 5.41) is 11.6. The fourth-order valence-electron chi connectivity index (χ4n) is 2.56. The second-order valence-electron chi connectivity index (χ2n) is 6.87. The topological polar surface area (TPSA) is 58.8 Å². The van der Waals surface area contributed by atoms with Gasteiger partial charge in [0.2, 0.25) is 0 Å². The third-order valence-electron chi connectivity index (χ3n) is 4.06. The molecule has 0 aromatic heterocycles. The normalized spacial score (nSPS) is 16.2. The highest BCUT2D eigenvalue weighted by atomic mass is 79.9. The van der Waals surface area contributed by atoms with Crippen molar-refractivity contribution < 1.29 is 9.66 Å². The largest absolute Gasteiger partial charge is 0.379 e. The van der Waals surface area contributed by atoms with Gasteiger partial charge < -0.3 is 8.66 Å². The maximum absolute atomic E-state index is 11.6. The van der Waals surface area contributed by atoms with Crippen LogP contribution in [0.4, 0.5) is 11.4 Å². The summed E-state index contributed by atoms with van der Waals surface area (Å²) >= 11 is 7.01. The minimum atomic E-state index is -0.321. The SMILES string of the molecule is CC(C)(C)c1cc(Br)c(N(Br)CCN2CCOCC2)c([N+](=O)[O-])c1. The van der Waals surface area contributed by atoms with E-state index in [9.17, 15) is 10.1 Å². The molecule has 8 heteroatoms. The minimum Gasteiger partial charge on any atom is -0.379 e. The third-order valence-corrected chi connectivity index (χ3v) is 5.38. The van der Waals surface area contributed by atoms with Gasteiger partial charge in [-0.1, -0.05) is 20.8 Å². The quantitative estimate of drug-likeness (QED) is 0.373. The van der Waals surface area contributed by atoms with Crippen molar-refractivity contribution in [1.29, 1.82) is 0 Å². The number of ether oxygens (including phenoxy) is 1. The number of nitro benzene ring substituents is 1. The minimum absolute atomic E-state index is 0.105. The zero-order chi connectivity index (χ0) is 17.9. The smallest absolute Gasteiger partial charge is 0.294 e. The Hall–Kier alpha value is -0.700. The van der Waals surface area contributed by atoms with Crippen LogP contribution in [0.1, 0.15) is 26.3 Å². The molecular weight excluding hydrogens is 442 g/mol. The van der Waals surface area contributed by atoms with E-state index in [-0.39, 0.29) is 16.0 Å². The lowest BCUT2D eigenvalue weighted by atomic mass is 9.86. The molecule has 0 spiro atoms. The number of halogens is 2. The first-order valence-corrected chi connectivity index (χ1v) is 9.42. The highest BCUT2D eigenvalue weighted by molar-refractivity contribution is 9.11. The van der Waals surface area contributed by atoms with Crippen LogP contribution < -0.4 is 3.93 Å². The van der Waals surface area contributed by atoms with Crippen LogP contribution in [0.3, 0.4) is 0 Å². The van der Waals surface area contributed by atoms with Crippen molar-refractivity contribution in [2.75, 3.05) is 43.3 Å². The van der Waals surface area contributed by atoms with Crippen molar-refractivity contribution in [2.24, 2.45) is 0 Å². The van der Waals surface area contributed by atoms with Crippen LogP contribution in [0.25, 0.3) is 0 Å². The second kappa shape index (κ2) is 8.12. The van der Waals surface area contributed by atoms with Crippen molar-refractivity contribution in [2.45, 2.75) is 26.2 Å². The summed E-state index contributed by atoms with van der Waals surface area (Å²) in [5.41, 5.74) is 1.44. The number of nitrogens with zero attached hydrogens (tertiary/aromatic N) is 3. The zero-order valence-electron chi connectivity index (χ0n) is 14.2. The lowest BCUT2D eigenvalue weighted by molar-refractivity contribution is -0.384. The molecule has 24 heavy (non-hydrogen) atoms. The maximum atomic E-state index is 11.6. The highest BCUT2D eigenvalue weighted by Gasteiger charge is 2.26. The molecule has 0 unspecified atom stereocenters. The average Bonchev–Trinajstić information content (AvgIpc) is 2.51. The Bertz CT molecular complexity index is 599. The summed E-state index contributed by atoms with van der Waals surface area (Å²) in [4.78, 5) is 13.5. The third kappa shape index (κ3) is 4.91. The van der Waals surface area contributed by atoms with Crippen LogP contribution in [0.5, 0.6) is 0 Å². The van der Waals surface area contributed by atoms with Gasteiger partial charge in [0.05, 0.1) is 18.1 Å². The van der Waals surface area contributed by atoms with Gasteiger partial charge in [0.15, 0.2) is 0 Å². The van der Waals surface area contributed by atoms with Crippen LogP contribution in [0, 0.1) is 10.1 Å². The number of hydrogen-bond acceptors (Lipinski definition) is 5. The average molecular weight is 465 g/mol. The summed E-state index contributed by atoms with van der Waals surface area (Å²) in [6, 6.07) is 3.63. The first-order valence-electron chi connectivity index (χ1n) is 7.92. The first-order chi connectivity index (χ1) is 11.2. The van der Waals surface area contributed by atoms with Gasteiger partial charge in [-0.25, -0.2) is 0 Å². The van der Waals surface area contributed by atoms with Crippen LogP contribution >= 0.6 is 32.1 Å². The van der Waals surface area contributed by atoms with Gasteiger partial charge in [-0.2, -0.15) is 0 Å². The van der Waals surface area contributed by atoms with Gasteiger partial charge >= 0.3 is 0 Å². The monoisotopic (exact) mass is 463 g/mol. The lowest BCUT2D eigenvalue weighted by Gasteiger charge is -2.29. The molecule has 1 aromatic rings. The van der Waals surface area contributed by atoms with Gasteiger partial charge in [0.25, 0.3) is 5.69 Å². The van der Waals surface area contributed by atoms with Gasteiger partial charge in [0.1, 0.15) is 5.69 Å². The molecule has 2 rings (SSSR count). The van der Waals surface area contributed by atoms with E-state index in [1.165, 1.54) is 0 Å². The van der Waals surface area contributed by atoms with E-state index in [0.717, 1.165) is 42.9 Å². The van der Waals surface area contributed by atoms with Crippen LogP contribution in [0.2, 0.25) is 0 Å². The Morgan fingerprint density at radius 3 is 2.50 bits per heavy atom. The van der Waals surface area contributed by atoms with Gasteiger partial charge in [-0.3, -0.25) is 15.0 Å². The van der Waals surface area contributed by atoms with E-state index in [1.54, 1.807) is 9.99 Å². The molecule has 0 amide bonds. The fraction of sp³-hybridized carbons (Fsp3) is 0.625. The molecule has 0 aliphatic carbocycles. The summed E-state index contributed by atoms with van der Waals surface area (Å²) in [6.45, 7) is 10.9. The molecular formula is C16H23Br2N3O3. The second-order valence-corrected chi connectivity index (χ2v) is 8.58. The molecule has 134 valence electrons. The van der Waals surface area contributed by atoms with Crippen molar-refractivity contribution in [3.05, 3.63) is 32.3 Å².